The maximum Gasteiger partial charge on any atom is 0.194 e. The van der Waals surface area contributed by atoms with E-state index in [0.29, 0.717) is 32.6 Å². The second-order valence-electron chi connectivity index (χ2n) is 6.12. The highest BCUT2D eigenvalue weighted by atomic mass is 79.9. The van der Waals surface area contributed by atoms with Crippen molar-refractivity contribution in [3.8, 4) is 0 Å². The van der Waals surface area contributed by atoms with Crippen molar-refractivity contribution in [2.75, 3.05) is 33.4 Å². The van der Waals surface area contributed by atoms with Gasteiger partial charge in [-0.1, -0.05) is 0 Å². The van der Waals surface area contributed by atoms with Gasteiger partial charge in [-0.15, -0.1) is 0 Å². The normalized spacial score (nSPS) is 18.0. The third-order valence-corrected chi connectivity index (χ3v) is 4.55. The molecule has 0 bridgehead atoms. The summed E-state index contributed by atoms with van der Waals surface area (Å²) in [6, 6.07) is 2.10. The van der Waals surface area contributed by atoms with Crippen molar-refractivity contribution >= 4 is 21.9 Å². The smallest absolute Gasteiger partial charge is 0.194 e. The quantitative estimate of drug-likeness (QED) is 0.597. The summed E-state index contributed by atoms with van der Waals surface area (Å²) in [7, 11) is 4.04. The highest BCUT2D eigenvalue weighted by molar-refractivity contribution is 9.10. The summed E-state index contributed by atoms with van der Waals surface area (Å²) in [4.78, 5) is 6.72. The van der Waals surface area contributed by atoms with E-state index in [1.165, 1.54) is 5.69 Å². The van der Waals surface area contributed by atoms with E-state index in [1.807, 2.05) is 27.2 Å². The second kappa shape index (κ2) is 8.17. The molecule has 2 rings (SSSR count). The molecular weight excluding hydrogens is 360 g/mol. The average molecular weight is 387 g/mol. The van der Waals surface area contributed by atoms with Crippen LogP contribution in [-0.2, 0) is 18.3 Å². The number of aryl methyl sites for hydroxylation is 1. The average Bonchev–Trinajstić information content (AvgIpc) is 2.82. The minimum Gasteiger partial charge on any atom is -0.388 e. The van der Waals surface area contributed by atoms with Crippen molar-refractivity contribution in [3.05, 3.63) is 22.4 Å². The number of ether oxygens (including phenoxy) is 1. The van der Waals surface area contributed by atoms with E-state index in [9.17, 15) is 5.11 Å². The number of rotatable bonds is 5. The Bertz CT molecular complexity index is 538. The summed E-state index contributed by atoms with van der Waals surface area (Å²) in [5.41, 5.74) is 0.447. The lowest BCUT2D eigenvalue weighted by atomic mass is 9.95. The number of aliphatic imine (C=N–C) groups is 1. The van der Waals surface area contributed by atoms with Gasteiger partial charge in [0.1, 0.15) is 0 Å². The molecule has 0 spiro atoms. The van der Waals surface area contributed by atoms with E-state index in [4.69, 9.17) is 4.74 Å². The van der Waals surface area contributed by atoms with Gasteiger partial charge in [0.2, 0.25) is 0 Å². The van der Waals surface area contributed by atoms with Crippen LogP contribution >= 0.6 is 15.9 Å². The fourth-order valence-corrected chi connectivity index (χ4v) is 3.21. The zero-order chi connectivity index (χ0) is 16.9. The number of aromatic nitrogens is 1. The lowest BCUT2D eigenvalue weighted by Crippen LogP contribution is -2.43. The van der Waals surface area contributed by atoms with Crippen molar-refractivity contribution in [1.29, 1.82) is 0 Å². The summed E-state index contributed by atoms with van der Waals surface area (Å²) in [5, 5.41) is 13.9. The summed E-state index contributed by atoms with van der Waals surface area (Å²) < 4.78 is 8.48. The Morgan fingerprint density at radius 1 is 1.52 bits per heavy atom. The van der Waals surface area contributed by atoms with Crippen LogP contribution in [0.4, 0.5) is 0 Å². The predicted octanol–water partition coefficient (Wildman–Crippen LogP) is 1.73. The molecule has 2 heterocycles. The molecule has 1 aliphatic heterocycles. The first-order chi connectivity index (χ1) is 10.9. The number of hydrogen-bond donors (Lipinski definition) is 2. The maximum atomic E-state index is 10.6. The third-order valence-electron chi connectivity index (χ3n) is 4.12. The lowest BCUT2D eigenvalue weighted by Gasteiger charge is -2.31. The van der Waals surface area contributed by atoms with Crippen LogP contribution in [-0.4, -0.2) is 59.5 Å². The second-order valence-corrected chi connectivity index (χ2v) is 7.04. The first-order valence-electron chi connectivity index (χ1n) is 8.04. The Hall–Kier alpha value is -1.05. The molecule has 23 heavy (non-hydrogen) atoms. The largest absolute Gasteiger partial charge is 0.388 e. The Kier molecular flexibility index (Phi) is 6.50. The third kappa shape index (κ3) is 5.22. The summed E-state index contributed by atoms with van der Waals surface area (Å²) in [6.07, 6.45) is 3.33. The number of halogens is 1. The van der Waals surface area contributed by atoms with Crippen molar-refractivity contribution in [1.82, 2.24) is 14.8 Å². The van der Waals surface area contributed by atoms with Crippen LogP contribution in [0.15, 0.2) is 21.7 Å². The number of nitrogens with zero attached hydrogens (tertiary/aromatic N) is 3. The topological polar surface area (TPSA) is 62.0 Å². The molecule has 1 aromatic heterocycles. The molecule has 1 fully saturated rings. The highest BCUT2D eigenvalue weighted by Crippen LogP contribution is 2.21. The molecular formula is C16H27BrN4O2. The van der Waals surface area contributed by atoms with E-state index < -0.39 is 5.60 Å². The fraction of sp³-hybridized carbons (Fsp3) is 0.688. The van der Waals surface area contributed by atoms with Crippen molar-refractivity contribution in [2.24, 2.45) is 12.0 Å². The molecule has 1 aliphatic rings. The Morgan fingerprint density at radius 2 is 2.22 bits per heavy atom. The van der Waals surface area contributed by atoms with Crippen molar-refractivity contribution < 1.29 is 9.84 Å². The summed E-state index contributed by atoms with van der Waals surface area (Å²) >= 11 is 3.50. The van der Waals surface area contributed by atoms with E-state index in [1.54, 1.807) is 0 Å². The van der Waals surface area contributed by atoms with Crippen LogP contribution in [0.5, 0.6) is 0 Å². The van der Waals surface area contributed by atoms with Crippen LogP contribution in [0.3, 0.4) is 0 Å². The number of nitrogens with one attached hydrogen (secondary N) is 1. The molecule has 1 saturated heterocycles. The van der Waals surface area contributed by atoms with Gasteiger partial charge in [0.05, 0.1) is 18.7 Å². The Labute approximate surface area is 146 Å². The standard InChI is InChI=1S/C16H27BrN4O2/c1-4-18-15(19-12-16(22)5-7-23-8-6-16)21(3)11-14-9-13(17)10-20(14)2/h9-10,22H,4-8,11-12H2,1-3H3,(H,18,19). The summed E-state index contributed by atoms with van der Waals surface area (Å²) in [5.74, 6) is 0.810. The van der Waals surface area contributed by atoms with Gasteiger partial charge < -0.3 is 24.6 Å². The first-order valence-corrected chi connectivity index (χ1v) is 8.83. The van der Waals surface area contributed by atoms with Crippen LogP contribution in [0.25, 0.3) is 0 Å². The molecule has 0 radical (unpaired) electrons. The van der Waals surface area contributed by atoms with E-state index in [0.717, 1.165) is 23.5 Å². The van der Waals surface area contributed by atoms with E-state index >= 15 is 0 Å². The summed E-state index contributed by atoms with van der Waals surface area (Å²) in [6.45, 7) is 5.20. The van der Waals surface area contributed by atoms with Gasteiger partial charge >= 0.3 is 0 Å². The zero-order valence-electron chi connectivity index (χ0n) is 14.2. The van der Waals surface area contributed by atoms with Gasteiger partial charge in [-0.3, -0.25) is 4.99 Å². The van der Waals surface area contributed by atoms with Crippen LogP contribution < -0.4 is 5.32 Å². The van der Waals surface area contributed by atoms with Gasteiger partial charge in [-0.05, 0) is 28.9 Å². The van der Waals surface area contributed by atoms with Crippen molar-refractivity contribution in [3.63, 3.8) is 0 Å². The molecule has 1 aromatic rings. The zero-order valence-corrected chi connectivity index (χ0v) is 15.8. The minimum atomic E-state index is -0.742. The molecule has 7 heteroatoms. The van der Waals surface area contributed by atoms with Gasteiger partial charge in [-0.25, -0.2) is 0 Å². The molecule has 6 nitrogen and oxygen atoms in total. The van der Waals surface area contributed by atoms with Crippen molar-refractivity contribution in [2.45, 2.75) is 31.9 Å². The molecule has 0 atom stereocenters. The highest BCUT2D eigenvalue weighted by Gasteiger charge is 2.29. The van der Waals surface area contributed by atoms with Crippen LogP contribution in [0.2, 0.25) is 0 Å². The number of aliphatic hydroxyl groups is 1. The monoisotopic (exact) mass is 386 g/mol. The van der Waals surface area contributed by atoms with E-state index in [2.05, 4.69) is 41.8 Å². The molecule has 2 N–H and O–H groups in total. The Balaban J connectivity index is 2.03. The molecule has 130 valence electrons. The number of hydrogen-bond acceptors (Lipinski definition) is 3. The van der Waals surface area contributed by atoms with Crippen LogP contribution in [0, 0.1) is 0 Å². The predicted molar refractivity (Wildman–Crippen MR) is 95.6 cm³/mol. The minimum absolute atomic E-state index is 0.403. The molecule has 0 aromatic carbocycles. The van der Waals surface area contributed by atoms with E-state index in [-0.39, 0.29) is 0 Å². The molecule has 0 aliphatic carbocycles. The fourth-order valence-electron chi connectivity index (χ4n) is 2.64. The van der Waals surface area contributed by atoms with Gasteiger partial charge in [0.25, 0.3) is 0 Å². The van der Waals surface area contributed by atoms with Gasteiger partial charge in [0, 0.05) is 63.1 Å². The van der Waals surface area contributed by atoms with Gasteiger partial charge in [-0.2, -0.15) is 0 Å². The molecule has 0 amide bonds. The first kappa shape index (κ1) is 18.3. The Morgan fingerprint density at radius 3 is 2.78 bits per heavy atom. The van der Waals surface area contributed by atoms with Gasteiger partial charge in [0.15, 0.2) is 5.96 Å². The maximum absolute atomic E-state index is 10.6. The molecule has 0 unspecified atom stereocenters. The van der Waals surface area contributed by atoms with Crippen LogP contribution in [0.1, 0.15) is 25.5 Å². The number of guanidine groups is 1. The SMILES string of the molecule is CCNC(=NCC1(O)CCOCC1)N(C)Cc1cc(Br)cn1C. The molecule has 0 saturated carbocycles. The lowest BCUT2D eigenvalue weighted by molar-refractivity contribution is -0.0566.